The van der Waals surface area contributed by atoms with Crippen LogP contribution >= 0.6 is 11.8 Å². The van der Waals surface area contributed by atoms with Crippen LogP contribution in [0, 0.1) is 11.3 Å². The van der Waals surface area contributed by atoms with E-state index in [4.69, 9.17) is 11.0 Å². The Morgan fingerprint density at radius 1 is 1.20 bits per heavy atom. The van der Waals surface area contributed by atoms with Gasteiger partial charge in [0.15, 0.2) is 0 Å². The molecule has 0 saturated carbocycles. The van der Waals surface area contributed by atoms with Gasteiger partial charge < -0.3 is 5.73 Å². The Kier molecular flexibility index (Phi) is 3.86. The van der Waals surface area contributed by atoms with E-state index in [0.29, 0.717) is 15.5 Å². The standard InChI is InChI=1S/C13H8F3N3S/c14-13(15,16)9-1-2-11(8(5-9)6-17)20-12-3-4-19-7-10(12)18/h1-5,7H,18H2. The predicted molar refractivity (Wildman–Crippen MR) is 68.9 cm³/mol. The third-order valence-corrected chi connectivity index (χ3v) is 3.62. The molecule has 1 heterocycles. The molecule has 3 nitrogen and oxygen atoms in total. The number of aromatic nitrogens is 1. The number of halogens is 3. The van der Waals surface area contributed by atoms with Gasteiger partial charge in [0.1, 0.15) is 6.07 Å². The van der Waals surface area contributed by atoms with Crippen LogP contribution in [0.4, 0.5) is 18.9 Å². The van der Waals surface area contributed by atoms with Crippen molar-refractivity contribution < 1.29 is 13.2 Å². The second-order valence-corrected chi connectivity index (χ2v) is 4.92. The van der Waals surface area contributed by atoms with Crippen LogP contribution in [0.15, 0.2) is 46.5 Å². The quantitative estimate of drug-likeness (QED) is 0.917. The van der Waals surface area contributed by atoms with E-state index >= 15 is 0 Å². The molecule has 0 spiro atoms. The molecule has 0 bridgehead atoms. The van der Waals surface area contributed by atoms with E-state index < -0.39 is 11.7 Å². The highest BCUT2D eigenvalue weighted by molar-refractivity contribution is 7.99. The zero-order chi connectivity index (χ0) is 14.8. The maximum Gasteiger partial charge on any atom is 0.416 e. The van der Waals surface area contributed by atoms with Crippen LogP contribution in [0.1, 0.15) is 11.1 Å². The fourth-order valence-corrected chi connectivity index (χ4v) is 2.37. The van der Waals surface area contributed by atoms with E-state index in [9.17, 15) is 13.2 Å². The van der Waals surface area contributed by atoms with E-state index in [1.165, 1.54) is 18.5 Å². The molecule has 0 fully saturated rings. The highest BCUT2D eigenvalue weighted by Crippen LogP contribution is 2.36. The molecular weight excluding hydrogens is 287 g/mol. The second-order valence-electron chi connectivity index (χ2n) is 3.84. The molecule has 1 aromatic carbocycles. The van der Waals surface area contributed by atoms with Crippen molar-refractivity contribution in [2.75, 3.05) is 5.73 Å². The summed E-state index contributed by atoms with van der Waals surface area (Å²) in [5, 5.41) is 8.98. The van der Waals surface area contributed by atoms with Crippen molar-refractivity contribution in [2.45, 2.75) is 16.0 Å². The normalized spacial score (nSPS) is 11.1. The molecule has 1 aromatic heterocycles. The topological polar surface area (TPSA) is 62.7 Å². The molecule has 0 saturated heterocycles. The Morgan fingerprint density at radius 2 is 1.95 bits per heavy atom. The first kappa shape index (κ1) is 14.2. The van der Waals surface area contributed by atoms with Crippen molar-refractivity contribution in [1.29, 1.82) is 5.26 Å². The first-order chi connectivity index (χ1) is 9.41. The maximum atomic E-state index is 12.6. The number of benzene rings is 1. The minimum atomic E-state index is -4.47. The largest absolute Gasteiger partial charge is 0.416 e. The summed E-state index contributed by atoms with van der Waals surface area (Å²) in [6, 6.07) is 6.46. The maximum absolute atomic E-state index is 12.6. The summed E-state index contributed by atoms with van der Waals surface area (Å²) in [5.74, 6) is 0. The van der Waals surface area contributed by atoms with Crippen LogP contribution in [-0.2, 0) is 6.18 Å². The van der Waals surface area contributed by atoms with Crippen LogP contribution < -0.4 is 5.73 Å². The van der Waals surface area contributed by atoms with Gasteiger partial charge in [-0.1, -0.05) is 11.8 Å². The van der Waals surface area contributed by atoms with E-state index in [1.54, 1.807) is 12.1 Å². The van der Waals surface area contributed by atoms with Gasteiger partial charge >= 0.3 is 6.18 Å². The highest BCUT2D eigenvalue weighted by Gasteiger charge is 2.31. The minimum Gasteiger partial charge on any atom is -0.397 e. The third-order valence-electron chi connectivity index (χ3n) is 2.46. The van der Waals surface area contributed by atoms with Crippen molar-refractivity contribution in [2.24, 2.45) is 0 Å². The molecule has 0 aliphatic heterocycles. The highest BCUT2D eigenvalue weighted by atomic mass is 32.2. The summed E-state index contributed by atoms with van der Waals surface area (Å²) < 4.78 is 37.7. The molecule has 20 heavy (non-hydrogen) atoms. The van der Waals surface area contributed by atoms with Gasteiger partial charge in [-0.15, -0.1) is 0 Å². The van der Waals surface area contributed by atoms with Gasteiger partial charge in [0.05, 0.1) is 23.0 Å². The molecule has 0 unspecified atom stereocenters. The number of pyridine rings is 1. The zero-order valence-electron chi connectivity index (χ0n) is 9.98. The molecule has 7 heteroatoms. The first-order valence-corrected chi connectivity index (χ1v) is 6.22. The number of anilines is 1. The van der Waals surface area contributed by atoms with Crippen molar-refractivity contribution in [3.05, 3.63) is 47.8 Å². The summed E-state index contributed by atoms with van der Waals surface area (Å²) in [4.78, 5) is 4.87. The smallest absolute Gasteiger partial charge is 0.397 e. The summed E-state index contributed by atoms with van der Waals surface area (Å²) in [6.45, 7) is 0. The minimum absolute atomic E-state index is 0.0407. The van der Waals surface area contributed by atoms with Crippen LogP contribution in [0.25, 0.3) is 0 Å². The van der Waals surface area contributed by atoms with Crippen LogP contribution in [0.2, 0.25) is 0 Å². The van der Waals surface area contributed by atoms with Crippen molar-refractivity contribution in [3.8, 4) is 6.07 Å². The Morgan fingerprint density at radius 3 is 2.55 bits per heavy atom. The molecule has 0 aliphatic carbocycles. The van der Waals surface area contributed by atoms with Crippen LogP contribution in [0.3, 0.4) is 0 Å². The van der Waals surface area contributed by atoms with Crippen LogP contribution in [0.5, 0.6) is 0 Å². The number of nitriles is 1. The zero-order valence-corrected chi connectivity index (χ0v) is 10.8. The Bertz CT molecular complexity index is 677. The van der Waals surface area contributed by atoms with Gasteiger partial charge in [-0.05, 0) is 24.3 Å². The van der Waals surface area contributed by atoms with Crippen molar-refractivity contribution >= 4 is 17.4 Å². The van der Waals surface area contributed by atoms with E-state index in [2.05, 4.69) is 4.98 Å². The summed E-state index contributed by atoms with van der Waals surface area (Å²) >= 11 is 1.13. The molecule has 2 N–H and O–H groups in total. The summed E-state index contributed by atoms with van der Waals surface area (Å²) in [6.07, 6.45) is -1.50. The second kappa shape index (κ2) is 5.43. The van der Waals surface area contributed by atoms with Crippen molar-refractivity contribution in [3.63, 3.8) is 0 Å². The summed E-state index contributed by atoms with van der Waals surface area (Å²) in [7, 11) is 0. The lowest BCUT2D eigenvalue weighted by Gasteiger charge is -2.10. The number of hydrogen-bond acceptors (Lipinski definition) is 4. The van der Waals surface area contributed by atoms with Gasteiger partial charge in [-0.3, -0.25) is 4.98 Å². The van der Waals surface area contributed by atoms with Gasteiger partial charge in [0.2, 0.25) is 0 Å². The number of hydrogen-bond donors (Lipinski definition) is 1. The lowest BCUT2D eigenvalue weighted by atomic mass is 10.1. The number of nitrogens with zero attached hydrogens (tertiary/aromatic N) is 2. The first-order valence-electron chi connectivity index (χ1n) is 5.40. The average molecular weight is 295 g/mol. The molecule has 2 aromatic rings. The lowest BCUT2D eigenvalue weighted by Crippen LogP contribution is -2.05. The summed E-state index contributed by atoms with van der Waals surface area (Å²) in [5.41, 5.74) is 5.23. The molecule has 2 rings (SSSR count). The molecule has 0 aliphatic rings. The molecular formula is C13H8F3N3S. The average Bonchev–Trinajstić information content (AvgIpc) is 2.40. The Hall–Kier alpha value is -2.20. The van der Waals surface area contributed by atoms with Crippen LogP contribution in [-0.4, -0.2) is 4.98 Å². The van der Waals surface area contributed by atoms with Crippen molar-refractivity contribution in [1.82, 2.24) is 4.98 Å². The molecule has 0 amide bonds. The third kappa shape index (κ3) is 3.03. The van der Waals surface area contributed by atoms with E-state index in [1.807, 2.05) is 0 Å². The Labute approximate surface area is 117 Å². The number of alkyl halides is 3. The molecule has 0 radical (unpaired) electrons. The number of nitrogen functional groups attached to an aromatic ring is 1. The van der Waals surface area contributed by atoms with Gasteiger partial charge in [0.25, 0.3) is 0 Å². The van der Waals surface area contributed by atoms with Gasteiger partial charge in [-0.2, -0.15) is 18.4 Å². The molecule has 102 valence electrons. The van der Waals surface area contributed by atoms with E-state index in [0.717, 1.165) is 23.9 Å². The predicted octanol–water partition coefficient (Wildman–Crippen LogP) is 3.71. The monoisotopic (exact) mass is 295 g/mol. The fourth-order valence-electron chi connectivity index (χ4n) is 1.49. The van der Waals surface area contributed by atoms with Gasteiger partial charge in [0, 0.05) is 16.0 Å². The van der Waals surface area contributed by atoms with E-state index in [-0.39, 0.29) is 5.56 Å². The Balaban J connectivity index is 2.39. The lowest BCUT2D eigenvalue weighted by molar-refractivity contribution is -0.137. The molecule has 0 atom stereocenters. The fraction of sp³-hybridized carbons (Fsp3) is 0.0769. The van der Waals surface area contributed by atoms with Gasteiger partial charge in [-0.25, -0.2) is 0 Å². The SMILES string of the molecule is N#Cc1cc(C(F)(F)F)ccc1Sc1ccncc1N. The number of nitrogens with two attached hydrogens (primary N) is 1. The number of rotatable bonds is 2.